The van der Waals surface area contributed by atoms with Gasteiger partial charge in [0, 0.05) is 31.7 Å². The van der Waals surface area contributed by atoms with Gasteiger partial charge in [0.15, 0.2) is 0 Å². The van der Waals surface area contributed by atoms with Crippen molar-refractivity contribution in [1.29, 1.82) is 0 Å². The summed E-state index contributed by atoms with van der Waals surface area (Å²) in [6, 6.07) is 15.4. The number of para-hydroxylation sites is 2. The van der Waals surface area contributed by atoms with E-state index in [9.17, 15) is 4.79 Å². The maximum atomic E-state index is 12.7. The molecule has 26 heavy (non-hydrogen) atoms. The van der Waals surface area contributed by atoms with Gasteiger partial charge in [-0.15, -0.1) is 0 Å². The summed E-state index contributed by atoms with van der Waals surface area (Å²) in [5, 5.41) is 0. The second-order valence-electron chi connectivity index (χ2n) is 6.32. The zero-order valence-electron chi connectivity index (χ0n) is 15.5. The van der Waals surface area contributed by atoms with Gasteiger partial charge in [0.1, 0.15) is 11.5 Å². The number of carbonyl (C=O) groups excluding carboxylic acids is 1. The Kier molecular flexibility index (Phi) is 6.00. The Morgan fingerprint density at radius 3 is 2.35 bits per heavy atom. The first-order valence-corrected chi connectivity index (χ1v) is 9.13. The van der Waals surface area contributed by atoms with Crippen molar-refractivity contribution in [3.63, 3.8) is 0 Å². The molecule has 1 fully saturated rings. The fourth-order valence-corrected chi connectivity index (χ4v) is 3.14. The van der Waals surface area contributed by atoms with Crippen molar-refractivity contribution in [3.8, 4) is 11.5 Å². The molecule has 0 unspecified atom stereocenters. The van der Waals surface area contributed by atoms with Crippen LogP contribution in [0.1, 0.15) is 23.7 Å². The van der Waals surface area contributed by atoms with Gasteiger partial charge in [0.2, 0.25) is 0 Å². The van der Waals surface area contributed by atoms with Gasteiger partial charge in [0.25, 0.3) is 5.91 Å². The van der Waals surface area contributed by atoms with Gasteiger partial charge in [-0.2, -0.15) is 0 Å². The Labute approximate surface area is 155 Å². The maximum Gasteiger partial charge on any atom is 0.253 e. The molecule has 3 rings (SSSR count). The topological polar surface area (TPSA) is 42.0 Å². The van der Waals surface area contributed by atoms with Gasteiger partial charge in [-0.25, -0.2) is 0 Å². The summed E-state index contributed by atoms with van der Waals surface area (Å²) in [7, 11) is 1.69. The number of nitrogens with zero attached hydrogens (tertiary/aromatic N) is 2. The van der Waals surface area contributed by atoms with Gasteiger partial charge >= 0.3 is 0 Å². The SMILES string of the molecule is CCCOc1ccc(C(=O)N2CCN(c3ccccc3OC)CC2)cc1. The normalized spacial score (nSPS) is 14.2. The van der Waals surface area contributed by atoms with Gasteiger partial charge < -0.3 is 19.3 Å². The molecule has 0 atom stereocenters. The minimum atomic E-state index is 0.0757. The molecule has 1 heterocycles. The number of piperazine rings is 1. The molecule has 0 N–H and O–H groups in total. The van der Waals surface area contributed by atoms with E-state index in [4.69, 9.17) is 9.47 Å². The van der Waals surface area contributed by atoms with Crippen LogP contribution in [0, 0.1) is 0 Å². The summed E-state index contributed by atoms with van der Waals surface area (Å²) in [4.78, 5) is 16.9. The minimum Gasteiger partial charge on any atom is -0.495 e. The van der Waals surface area contributed by atoms with Gasteiger partial charge in [-0.1, -0.05) is 19.1 Å². The van der Waals surface area contributed by atoms with Crippen LogP contribution in [0.15, 0.2) is 48.5 Å². The zero-order valence-corrected chi connectivity index (χ0v) is 15.5. The minimum absolute atomic E-state index is 0.0757. The molecule has 0 spiro atoms. The first-order chi connectivity index (χ1) is 12.7. The van der Waals surface area contributed by atoms with Crippen molar-refractivity contribution >= 4 is 11.6 Å². The van der Waals surface area contributed by atoms with Crippen LogP contribution in [0.2, 0.25) is 0 Å². The lowest BCUT2D eigenvalue weighted by atomic mass is 10.1. The van der Waals surface area contributed by atoms with E-state index in [0.29, 0.717) is 25.3 Å². The van der Waals surface area contributed by atoms with Crippen LogP contribution in [0.25, 0.3) is 0 Å². The third-order valence-corrected chi connectivity index (χ3v) is 4.57. The summed E-state index contributed by atoms with van der Waals surface area (Å²) in [5.41, 5.74) is 1.79. The van der Waals surface area contributed by atoms with Crippen molar-refractivity contribution in [1.82, 2.24) is 4.90 Å². The first-order valence-electron chi connectivity index (χ1n) is 9.13. The molecule has 1 aliphatic heterocycles. The van der Waals surface area contributed by atoms with Crippen LogP contribution in [0.4, 0.5) is 5.69 Å². The van der Waals surface area contributed by atoms with Crippen LogP contribution in [0.3, 0.4) is 0 Å². The molecule has 1 aliphatic rings. The number of anilines is 1. The van der Waals surface area contributed by atoms with E-state index >= 15 is 0 Å². The molecule has 138 valence electrons. The van der Waals surface area contributed by atoms with Crippen LogP contribution in [-0.4, -0.2) is 50.7 Å². The number of hydrogen-bond donors (Lipinski definition) is 0. The standard InChI is InChI=1S/C21H26N2O3/c1-3-16-26-18-10-8-17(9-11-18)21(24)23-14-12-22(13-15-23)19-6-4-5-7-20(19)25-2/h4-11H,3,12-16H2,1-2H3. The summed E-state index contributed by atoms with van der Waals surface area (Å²) in [5.74, 6) is 1.76. The van der Waals surface area contributed by atoms with Crippen molar-refractivity contribution in [2.75, 3.05) is 44.8 Å². The highest BCUT2D eigenvalue weighted by Gasteiger charge is 2.23. The van der Waals surface area contributed by atoms with E-state index in [1.54, 1.807) is 7.11 Å². The number of ether oxygens (including phenoxy) is 2. The number of rotatable bonds is 6. The number of amides is 1. The molecule has 2 aromatic rings. The predicted molar refractivity (Wildman–Crippen MR) is 103 cm³/mol. The van der Waals surface area contributed by atoms with Crippen LogP contribution in [0.5, 0.6) is 11.5 Å². The molecule has 2 aromatic carbocycles. The number of carbonyl (C=O) groups is 1. The Morgan fingerprint density at radius 2 is 1.69 bits per heavy atom. The highest BCUT2D eigenvalue weighted by atomic mass is 16.5. The van der Waals surface area contributed by atoms with Crippen molar-refractivity contribution in [3.05, 3.63) is 54.1 Å². The molecular weight excluding hydrogens is 328 g/mol. The Bertz CT molecular complexity index is 722. The molecule has 0 aromatic heterocycles. The highest BCUT2D eigenvalue weighted by Crippen LogP contribution is 2.28. The smallest absolute Gasteiger partial charge is 0.253 e. The van der Waals surface area contributed by atoms with Crippen LogP contribution >= 0.6 is 0 Å². The summed E-state index contributed by atoms with van der Waals surface area (Å²) in [6.07, 6.45) is 0.969. The first kappa shape index (κ1) is 18.1. The summed E-state index contributed by atoms with van der Waals surface area (Å²) < 4.78 is 11.0. The van der Waals surface area contributed by atoms with Gasteiger partial charge in [-0.05, 0) is 42.8 Å². The maximum absolute atomic E-state index is 12.7. The number of hydrogen-bond acceptors (Lipinski definition) is 4. The summed E-state index contributed by atoms with van der Waals surface area (Å²) >= 11 is 0. The number of methoxy groups -OCH3 is 1. The monoisotopic (exact) mass is 354 g/mol. The van der Waals surface area contributed by atoms with Crippen LogP contribution in [-0.2, 0) is 0 Å². The molecule has 0 saturated carbocycles. The highest BCUT2D eigenvalue weighted by molar-refractivity contribution is 5.94. The number of benzene rings is 2. The van der Waals surface area contributed by atoms with Crippen LogP contribution < -0.4 is 14.4 Å². The average molecular weight is 354 g/mol. The van der Waals surface area contributed by atoms with Gasteiger partial charge in [0.05, 0.1) is 19.4 Å². The molecule has 1 amide bonds. The molecule has 0 aliphatic carbocycles. The Morgan fingerprint density at radius 1 is 1.00 bits per heavy atom. The van der Waals surface area contributed by atoms with E-state index < -0.39 is 0 Å². The van der Waals surface area contributed by atoms with Crippen molar-refractivity contribution < 1.29 is 14.3 Å². The second kappa shape index (κ2) is 8.61. The predicted octanol–water partition coefficient (Wildman–Crippen LogP) is 3.45. The molecular formula is C21H26N2O3. The Balaban J connectivity index is 1.60. The van der Waals surface area contributed by atoms with Crippen molar-refractivity contribution in [2.45, 2.75) is 13.3 Å². The van der Waals surface area contributed by atoms with Crippen molar-refractivity contribution in [2.24, 2.45) is 0 Å². The molecule has 5 heteroatoms. The largest absolute Gasteiger partial charge is 0.495 e. The zero-order chi connectivity index (χ0) is 18.4. The lowest BCUT2D eigenvalue weighted by Gasteiger charge is -2.36. The third kappa shape index (κ3) is 4.10. The molecule has 1 saturated heterocycles. The molecule has 0 bridgehead atoms. The lowest BCUT2D eigenvalue weighted by molar-refractivity contribution is 0.0746. The second-order valence-corrected chi connectivity index (χ2v) is 6.32. The lowest BCUT2D eigenvalue weighted by Crippen LogP contribution is -2.48. The fourth-order valence-electron chi connectivity index (χ4n) is 3.14. The van der Waals surface area contributed by atoms with E-state index in [2.05, 4.69) is 17.9 Å². The van der Waals surface area contributed by atoms with E-state index in [1.807, 2.05) is 47.4 Å². The molecule has 5 nitrogen and oxygen atoms in total. The van der Waals surface area contributed by atoms with E-state index in [0.717, 1.165) is 36.7 Å². The fraction of sp³-hybridized carbons (Fsp3) is 0.381. The Hall–Kier alpha value is -2.69. The summed E-state index contributed by atoms with van der Waals surface area (Å²) in [6.45, 7) is 5.75. The molecule has 0 radical (unpaired) electrons. The average Bonchev–Trinajstić information content (AvgIpc) is 2.72. The third-order valence-electron chi connectivity index (χ3n) is 4.57. The quantitative estimate of drug-likeness (QED) is 0.797. The van der Waals surface area contributed by atoms with E-state index in [-0.39, 0.29) is 5.91 Å². The van der Waals surface area contributed by atoms with E-state index in [1.165, 1.54) is 0 Å². The van der Waals surface area contributed by atoms with Gasteiger partial charge in [-0.3, -0.25) is 4.79 Å².